The summed E-state index contributed by atoms with van der Waals surface area (Å²) in [5.74, 6) is 1.42. The summed E-state index contributed by atoms with van der Waals surface area (Å²) in [5, 5.41) is 3.38. The van der Waals surface area contributed by atoms with Gasteiger partial charge >= 0.3 is 0 Å². The van der Waals surface area contributed by atoms with Crippen molar-refractivity contribution in [3.63, 3.8) is 0 Å². The molecule has 1 aliphatic carbocycles. The number of rotatable bonds is 5. The summed E-state index contributed by atoms with van der Waals surface area (Å²) in [7, 11) is 1.90. The second kappa shape index (κ2) is 7.54. The Labute approximate surface area is 145 Å². The zero-order valence-corrected chi connectivity index (χ0v) is 14.8. The van der Waals surface area contributed by atoms with Crippen molar-refractivity contribution in [3.05, 3.63) is 29.8 Å². The van der Waals surface area contributed by atoms with Crippen LogP contribution in [0.3, 0.4) is 0 Å². The van der Waals surface area contributed by atoms with E-state index in [0.717, 1.165) is 38.1 Å². The molecule has 1 N–H and O–H groups in total. The molecule has 0 radical (unpaired) electrons. The van der Waals surface area contributed by atoms with Crippen LogP contribution < -0.4 is 10.1 Å². The lowest BCUT2D eigenvalue weighted by Gasteiger charge is -2.25. The van der Waals surface area contributed by atoms with Crippen LogP contribution >= 0.6 is 12.4 Å². The first-order valence-electron chi connectivity index (χ1n) is 8.26. The average Bonchev–Trinajstić information content (AvgIpc) is 3.22. The summed E-state index contributed by atoms with van der Waals surface area (Å²) < 4.78 is 5.72. The smallest absolute Gasteiger partial charge is 0.226 e. The van der Waals surface area contributed by atoms with Crippen LogP contribution in [-0.2, 0) is 4.79 Å². The molecule has 128 valence electrons. The van der Waals surface area contributed by atoms with Crippen LogP contribution in [0, 0.1) is 18.3 Å². The highest BCUT2D eigenvalue weighted by atomic mass is 35.5. The van der Waals surface area contributed by atoms with E-state index in [1.807, 2.05) is 36.2 Å². The van der Waals surface area contributed by atoms with Crippen LogP contribution in [0.15, 0.2) is 24.3 Å². The van der Waals surface area contributed by atoms with E-state index in [-0.39, 0.29) is 18.3 Å². The maximum Gasteiger partial charge on any atom is 0.226 e. The topological polar surface area (TPSA) is 41.6 Å². The van der Waals surface area contributed by atoms with Gasteiger partial charge in [0.05, 0.1) is 6.54 Å². The van der Waals surface area contributed by atoms with E-state index in [0.29, 0.717) is 24.5 Å². The number of nitrogens with one attached hydrogen (secondary N) is 1. The van der Waals surface area contributed by atoms with Gasteiger partial charge in [0, 0.05) is 13.0 Å². The van der Waals surface area contributed by atoms with Crippen LogP contribution in [0.5, 0.6) is 5.75 Å². The summed E-state index contributed by atoms with van der Waals surface area (Å²) in [5.41, 5.74) is 1.54. The van der Waals surface area contributed by atoms with Gasteiger partial charge in [-0.3, -0.25) is 4.79 Å². The van der Waals surface area contributed by atoms with Crippen molar-refractivity contribution in [1.82, 2.24) is 10.2 Å². The van der Waals surface area contributed by atoms with Crippen molar-refractivity contribution in [2.24, 2.45) is 11.3 Å². The maximum atomic E-state index is 12.5. The SMILES string of the molecule is Cc1ccc(OCCN(C)C(=O)C2CC23CCNCC3)cc1.Cl. The summed E-state index contributed by atoms with van der Waals surface area (Å²) in [6, 6.07) is 8.02. The number of hydrogen-bond acceptors (Lipinski definition) is 3. The van der Waals surface area contributed by atoms with Gasteiger partial charge < -0.3 is 15.0 Å². The molecule has 0 bridgehead atoms. The predicted octanol–water partition coefficient (Wildman–Crippen LogP) is 2.64. The minimum atomic E-state index is 0. The molecule has 1 aliphatic heterocycles. The standard InChI is InChI=1S/C18H26N2O2.ClH/c1-14-3-5-15(6-4-14)22-12-11-20(2)17(21)16-13-18(16)7-9-19-10-8-18;/h3-6,16,19H,7-13H2,1-2H3;1H. The minimum Gasteiger partial charge on any atom is -0.492 e. The molecule has 1 amide bonds. The fourth-order valence-electron chi connectivity index (χ4n) is 3.49. The van der Waals surface area contributed by atoms with Gasteiger partial charge in [-0.2, -0.15) is 0 Å². The Morgan fingerprint density at radius 1 is 1.30 bits per heavy atom. The van der Waals surface area contributed by atoms with Crippen molar-refractivity contribution >= 4 is 18.3 Å². The van der Waals surface area contributed by atoms with Crippen LogP contribution in [0.2, 0.25) is 0 Å². The highest BCUT2D eigenvalue weighted by Gasteiger charge is 2.58. The minimum absolute atomic E-state index is 0. The molecular formula is C18H27ClN2O2. The first-order chi connectivity index (χ1) is 10.6. The third-order valence-electron chi connectivity index (χ3n) is 5.18. The number of carbonyl (C=O) groups excluding carboxylic acids is 1. The average molecular weight is 339 g/mol. The van der Waals surface area contributed by atoms with Gasteiger partial charge in [-0.15, -0.1) is 12.4 Å². The van der Waals surface area contributed by atoms with Crippen LogP contribution in [0.25, 0.3) is 0 Å². The Morgan fingerprint density at radius 3 is 2.61 bits per heavy atom. The first-order valence-corrected chi connectivity index (χ1v) is 8.26. The quantitative estimate of drug-likeness (QED) is 0.897. The van der Waals surface area contributed by atoms with Gasteiger partial charge in [0.1, 0.15) is 12.4 Å². The molecule has 5 heteroatoms. The normalized spacial score (nSPS) is 21.4. The number of carbonyl (C=O) groups is 1. The number of ether oxygens (including phenoxy) is 1. The van der Waals surface area contributed by atoms with Crippen molar-refractivity contribution in [3.8, 4) is 5.75 Å². The summed E-state index contributed by atoms with van der Waals surface area (Å²) in [6.07, 6.45) is 3.38. The molecule has 1 saturated carbocycles. The molecule has 1 heterocycles. The Hall–Kier alpha value is -1.26. The van der Waals surface area contributed by atoms with Gasteiger partial charge in [-0.1, -0.05) is 17.7 Å². The molecule has 23 heavy (non-hydrogen) atoms. The molecule has 2 fully saturated rings. The van der Waals surface area contributed by atoms with Crippen LogP contribution in [-0.4, -0.2) is 44.1 Å². The van der Waals surface area contributed by atoms with Crippen LogP contribution in [0.1, 0.15) is 24.8 Å². The highest BCUT2D eigenvalue weighted by molar-refractivity contribution is 5.85. The molecule has 1 aromatic rings. The Balaban J connectivity index is 0.00000192. The van der Waals surface area contributed by atoms with Crippen molar-refractivity contribution in [2.75, 3.05) is 33.3 Å². The van der Waals surface area contributed by atoms with Gasteiger partial charge in [0.25, 0.3) is 0 Å². The Bertz CT molecular complexity index is 526. The largest absolute Gasteiger partial charge is 0.492 e. The first kappa shape index (κ1) is 18.1. The molecule has 2 aliphatic rings. The summed E-state index contributed by atoms with van der Waals surface area (Å²) >= 11 is 0. The van der Waals surface area contributed by atoms with E-state index in [1.165, 1.54) is 5.56 Å². The molecule has 0 aromatic heterocycles. The van der Waals surface area contributed by atoms with Crippen molar-refractivity contribution < 1.29 is 9.53 Å². The lowest BCUT2D eigenvalue weighted by molar-refractivity contribution is -0.132. The molecule has 1 atom stereocenters. The summed E-state index contributed by atoms with van der Waals surface area (Å²) in [6.45, 7) is 5.38. The number of benzene rings is 1. The van der Waals surface area contributed by atoms with E-state index in [4.69, 9.17) is 4.74 Å². The maximum absolute atomic E-state index is 12.5. The van der Waals surface area contributed by atoms with Crippen molar-refractivity contribution in [1.29, 1.82) is 0 Å². The van der Waals surface area contributed by atoms with Gasteiger partial charge in [0.2, 0.25) is 5.91 Å². The number of halogens is 1. The van der Waals surface area contributed by atoms with E-state index >= 15 is 0 Å². The number of hydrogen-bond donors (Lipinski definition) is 1. The molecule has 4 nitrogen and oxygen atoms in total. The predicted molar refractivity (Wildman–Crippen MR) is 94.2 cm³/mol. The molecule has 3 rings (SSSR count). The second-order valence-corrected chi connectivity index (χ2v) is 6.79. The van der Waals surface area contributed by atoms with Gasteiger partial charge in [-0.25, -0.2) is 0 Å². The molecule has 1 spiro atoms. The van der Waals surface area contributed by atoms with Crippen molar-refractivity contribution in [2.45, 2.75) is 26.2 Å². The second-order valence-electron chi connectivity index (χ2n) is 6.79. The van der Waals surface area contributed by atoms with E-state index in [9.17, 15) is 4.79 Å². The number of aryl methyl sites for hydroxylation is 1. The molecule has 1 aromatic carbocycles. The third-order valence-corrected chi connectivity index (χ3v) is 5.18. The third kappa shape index (κ3) is 4.18. The number of piperidine rings is 1. The highest BCUT2D eigenvalue weighted by Crippen LogP contribution is 2.59. The van der Waals surface area contributed by atoms with E-state index in [1.54, 1.807) is 0 Å². The van der Waals surface area contributed by atoms with Gasteiger partial charge in [-0.05, 0) is 56.8 Å². The lowest BCUT2D eigenvalue weighted by atomic mass is 9.91. The fourth-order valence-corrected chi connectivity index (χ4v) is 3.49. The molecule has 1 unspecified atom stereocenters. The van der Waals surface area contributed by atoms with Crippen LogP contribution in [0.4, 0.5) is 0 Å². The molecular weight excluding hydrogens is 312 g/mol. The summed E-state index contributed by atoms with van der Waals surface area (Å²) in [4.78, 5) is 14.4. The molecule has 1 saturated heterocycles. The van der Waals surface area contributed by atoms with Gasteiger partial charge in [0.15, 0.2) is 0 Å². The zero-order chi connectivity index (χ0) is 15.6. The number of amides is 1. The zero-order valence-electron chi connectivity index (χ0n) is 14.0. The monoisotopic (exact) mass is 338 g/mol. The Morgan fingerprint density at radius 2 is 1.96 bits per heavy atom. The number of likely N-dealkylation sites (N-methyl/N-ethyl adjacent to an activating group) is 1. The van der Waals surface area contributed by atoms with E-state index in [2.05, 4.69) is 12.2 Å². The lowest BCUT2D eigenvalue weighted by Crippen LogP contribution is -2.36. The number of nitrogens with zero attached hydrogens (tertiary/aromatic N) is 1. The van der Waals surface area contributed by atoms with E-state index < -0.39 is 0 Å². The Kier molecular flexibility index (Phi) is 5.93. The fraction of sp³-hybridized carbons (Fsp3) is 0.611.